The minimum atomic E-state index is -1.49. The van der Waals surface area contributed by atoms with Crippen molar-refractivity contribution in [3.8, 4) is 0 Å². The van der Waals surface area contributed by atoms with E-state index in [0.717, 1.165) is 22.4 Å². The van der Waals surface area contributed by atoms with Crippen LogP contribution in [0.2, 0.25) is 0 Å². The Kier molecular flexibility index (Phi) is 6.48. The van der Waals surface area contributed by atoms with E-state index in [4.69, 9.17) is 5.73 Å². The van der Waals surface area contributed by atoms with Crippen molar-refractivity contribution in [1.82, 2.24) is 0 Å². The van der Waals surface area contributed by atoms with Gasteiger partial charge in [-0.2, -0.15) is 0 Å². The lowest BCUT2D eigenvalue weighted by molar-refractivity contribution is -0.114. The first-order chi connectivity index (χ1) is 10.6. The largest absolute Gasteiger partial charge is 0.488 e. The van der Waals surface area contributed by atoms with Crippen molar-refractivity contribution in [1.29, 1.82) is 0 Å². The van der Waals surface area contributed by atoms with Gasteiger partial charge in [-0.1, -0.05) is 29.8 Å². The van der Waals surface area contributed by atoms with Gasteiger partial charge in [0, 0.05) is 22.6 Å². The van der Waals surface area contributed by atoms with E-state index in [-0.39, 0.29) is 0 Å². The summed E-state index contributed by atoms with van der Waals surface area (Å²) >= 11 is 0. The highest BCUT2D eigenvalue weighted by atomic mass is 16.4. The molecule has 0 bridgehead atoms. The first kappa shape index (κ1) is 18.9. The van der Waals surface area contributed by atoms with Gasteiger partial charge in [0.15, 0.2) is 0 Å². The number of carbonyl (C=O) groups excluding carboxylic acids is 1. The van der Waals surface area contributed by atoms with Crippen LogP contribution in [0, 0.1) is 0 Å². The monoisotopic (exact) mass is 314 g/mol. The van der Waals surface area contributed by atoms with E-state index in [1.807, 2.05) is 32.9 Å². The molecular formula is C17H23BN2O3. The second kappa shape index (κ2) is 7.90. The molecule has 0 aliphatic rings. The summed E-state index contributed by atoms with van der Waals surface area (Å²) in [6.45, 7) is 9.21. The summed E-state index contributed by atoms with van der Waals surface area (Å²) in [5, 5.41) is 18.3. The maximum atomic E-state index is 11.2. The molecule has 0 spiro atoms. The maximum Gasteiger partial charge on any atom is 0.488 e. The van der Waals surface area contributed by atoms with Crippen LogP contribution >= 0.6 is 0 Å². The number of nitrogens with two attached hydrogens (primary N) is 1. The van der Waals surface area contributed by atoms with Gasteiger partial charge in [-0.05, 0) is 45.6 Å². The Morgan fingerprint density at radius 3 is 1.96 bits per heavy atom. The highest BCUT2D eigenvalue weighted by Crippen LogP contribution is 2.21. The number of rotatable bonds is 5. The molecule has 23 heavy (non-hydrogen) atoms. The van der Waals surface area contributed by atoms with Gasteiger partial charge in [-0.15, -0.1) is 0 Å². The Labute approximate surface area is 137 Å². The number of carbonyl (C=O) groups is 1. The molecule has 0 aromatic heterocycles. The number of nitrogens with zero attached hydrogens (tertiary/aromatic N) is 1. The van der Waals surface area contributed by atoms with Gasteiger partial charge in [0.05, 0.1) is 0 Å². The number of hydrogen-bond donors (Lipinski definition) is 3. The predicted octanol–water partition coefficient (Wildman–Crippen LogP) is 1.40. The molecule has 0 aliphatic carbocycles. The SMILES string of the molecule is CC(=N/C(C)=C(\C)C(N)=O)C(=C(C)C)c1ccc(B(O)O)cc1. The normalized spacial score (nSPS) is 12.6. The van der Waals surface area contributed by atoms with Gasteiger partial charge >= 0.3 is 7.12 Å². The van der Waals surface area contributed by atoms with Crippen molar-refractivity contribution in [2.75, 3.05) is 0 Å². The maximum absolute atomic E-state index is 11.2. The fraction of sp³-hybridized carbons (Fsp3) is 0.294. The van der Waals surface area contributed by atoms with Crippen LogP contribution in [-0.4, -0.2) is 28.8 Å². The fourth-order valence-electron chi connectivity index (χ4n) is 2.25. The molecule has 1 aromatic carbocycles. The summed E-state index contributed by atoms with van der Waals surface area (Å²) < 4.78 is 0. The second-order valence-corrected chi connectivity index (χ2v) is 5.64. The molecule has 1 aromatic rings. The van der Waals surface area contributed by atoms with Crippen LogP contribution in [0.1, 0.15) is 40.2 Å². The van der Waals surface area contributed by atoms with Crippen molar-refractivity contribution < 1.29 is 14.8 Å². The van der Waals surface area contributed by atoms with E-state index < -0.39 is 13.0 Å². The molecule has 4 N–H and O–H groups in total. The van der Waals surface area contributed by atoms with Crippen molar-refractivity contribution in [3.05, 3.63) is 46.7 Å². The minimum absolute atomic E-state index is 0.427. The van der Waals surface area contributed by atoms with Crippen LogP contribution in [0.3, 0.4) is 0 Å². The molecule has 0 saturated heterocycles. The molecule has 5 nitrogen and oxygen atoms in total. The Balaban J connectivity index is 3.31. The predicted molar refractivity (Wildman–Crippen MR) is 95.2 cm³/mol. The van der Waals surface area contributed by atoms with E-state index in [1.165, 1.54) is 0 Å². The molecule has 0 atom stereocenters. The molecule has 0 radical (unpaired) electrons. The lowest BCUT2D eigenvalue weighted by Gasteiger charge is -2.12. The number of aliphatic imine (C=N–C) groups is 1. The van der Waals surface area contributed by atoms with E-state index in [9.17, 15) is 14.8 Å². The number of benzene rings is 1. The lowest BCUT2D eigenvalue weighted by atomic mass is 9.79. The zero-order valence-corrected chi connectivity index (χ0v) is 14.2. The standard InChI is InChI=1S/C17H23BN2O3/c1-10(2)16(13(5)20-12(4)11(3)17(19)21)14-6-8-15(9-7-14)18(22)23/h6-9,22-23H,1-5H3,(H2,19,21)/b12-11+,20-13?. The van der Waals surface area contributed by atoms with E-state index in [1.54, 1.807) is 26.0 Å². The summed E-state index contributed by atoms with van der Waals surface area (Å²) in [6.07, 6.45) is 0. The Morgan fingerprint density at radius 1 is 1.04 bits per heavy atom. The van der Waals surface area contributed by atoms with E-state index in [0.29, 0.717) is 16.7 Å². The summed E-state index contributed by atoms with van der Waals surface area (Å²) in [4.78, 5) is 15.7. The summed E-state index contributed by atoms with van der Waals surface area (Å²) in [7, 11) is -1.49. The topological polar surface area (TPSA) is 95.9 Å². The number of amides is 1. The highest BCUT2D eigenvalue weighted by molar-refractivity contribution is 6.58. The molecule has 6 heteroatoms. The Bertz CT molecular complexity index is 682. The lowest BCUT2D eigenvalue weighted by Crippen LogP contribution is -2.29. The first-order valence-corrected chi connectivity index (χ1v) is 7.32. The Morgan fingerprint density at radius 2 is 1.57 bits per heavy atom. The fourth-order valence-corrected chi connectivity index (χ4v) is 2.25. The van der Waals surface area contributed by atoms with Gasteiger partial charge in [0.2, 0.25) is 5.91 Å². The van der Waals surface area contributed by atoms with Crippen LogP contribution in [0.5, 0.6) is 0 Å². The summed E-state index contributed by atoms with van der Waals surface area (Å²) in [5.74, 6) is -0.487. The third-order valence-electron chi connectivity index (χ3n) is 3.61. The van der Waals surface area contributed by atoms with E-state index >= 15 is 0 Å². The zero-order chi connectivity index (χ0) is 17.7. The molecule has 0 heterocycles. The van der Waals surface area contributed by atoms with Crippen molar-refractivity contribution >= 4 is 29.8 Å². The van der Waals surface area contributed by atoms with Crippen LogP contribution in [0.4, 0.5) is 0 Å². The van der Waals surface area contributed by atoms with Gasteiger partial charge in [-0.3, -0.25) is 9.79 Å². The van der Waals surface area contributed by atoms with Gasteiger partial charge in [0.25, 0.3) is 0 Å². The average molecular weight is 314 g/mol. The third-order valence-corrected chi connectivity index (χ3v) is 3.61. The minimum Gasteiger partial charge on any atom is -0.423 e. The van der Waals surface area contributed by atoms with Gasteiger partial charge in [-0.25, -0.2) is 0 Å². The molecule has 0 aliphatic heterocycles. The summed E-state index contributed by atoms with van der Waals surface area (Å²) in [6, 6.07) is 6.95. The second-order valence-electron chi connectivity index (χ2n) is 5.64. The molecule has 0 saturated carbocycles. The van der Waals surface area contributed by atoms with Gasteiger partial charge < -0.3 is 15.8 Å². The number of allylic oxidation sites excluding steroid dienone is 3. The smallest absolute Gasteiger partial charge is 0.423 e. The van der Waals surface area contributed by atoms with Crippen LogP contribution < -0.4 is 11.2 Å². The first-order valence-electron chi connectivity index (χ1n) is 7.32. The van der Waals surface area contributed by atoms with Crippen molar-refractivity contribution in [3.63, 3.8) is 0 Å². The molecule has 1 amide bonds. The molecular weight excluding hydrogens is 291 g/mol. The Hall–Kier alpha value is -2.18. The van der Waals surface area contributed by atoms with Crippen LogP contribution in [0.15, 0.2) is 46.1 Å². The molecule has 122 valence electrons. The van der Waals surface area contributed by atoms with Crippen molar-refractivity contribution in [2.45, 2.75) is 34.6 Å². The van der Waals surface area contributed by atoms with Gasteiger partial charge in [0.1, 0.15) is 0 Å². The highest BCUT2D eigenvalue weighted by Gasteiger charge is 2.13. The summed E-state index contributed by atoms with van der Waals surface area (Å²) in [5.41, 5.74) is 10.4. The number of primary amides is 1. The number of hydrogen-bond acceptors (Lipinski definition) is 4. The van der Waals surface area contributed by atoms with Crippen LogP contribution in [0.25, 0.3) is 5.57 Å². The molecule has 1 rings (SSSR count). The molecule has 0 unspecified atom stereocenters. The van der Waals surface area contributed by atoms with E-state index in [2.05, 4.69) is 4.99 Å². The molecule has 0 fully saturated rings. The van der Waals surface area contributed by atoms with Crippen molar-refractivity contribution in [2.24, 2.45) is 10.7 Å². The van der Waals surface area contributed by atoms with Crippen LogP contribution in [-0.2, 0) is 4.79 Å². The third kappa shape index (κ3) is 4.91. The zero-order valence-electron chi connectivity index (χ0n) is 14.2. The quantitative estimate of drug-likeness (QED) is 0.435. The average Bonchev–Trinajstić information content (AvgIpc) is 2.46.